The zero-order chi connectivity index (χ0) is 13.8. The molecule has 102 valence electrons. The normalized spacial score (nSPS) is 12.4. The van der Waals surface area contributed by atoms with Gasteiger partial charge in [-0.15, -0.1) is 13.2 Å². The Morgan fingerprint density at radius 2 is 1.67 bits per heavy atom. The third kappa shape index (κ3) is 5.34. The maximum atomic E-state index is 11.6. The van der Waals surface area contributed by atoms with Crippen molar-refractivity contribution < 1.29 is 31.1 Å². The van der Waals surface area contributed by atoms with Gasteiger partial charge < -0.3 is 4.74 Å². The first-order valence-electron chi connectivity index (χ1n) is 4.65. The van der Waals surface area contributed by atoms with Crippen LogP contribution in [0.5, 0.6) is 5.75 Å². The second-order valence-electron chi connectivity index (χ2n) is 3.16. The highest BCUT2D eigenvalue weighted by Gasteiger charge is 2.28. The minimum atomic E-state index is -4.69. The van der Waals surface area contributed by atoms with Gasteiger partial charge in [0.2, 0.25) is 10.0 Å². The average Bonchev–Trinajstić information content (AvgIpc) is 2.22. The van der Waals surface area contributed by atoms with Crippen LogP contribution in [0, 0.1) is 0 Å². The largest absolute Gasteiger partial charge is 0.522 e. The van der Waals surface area contributed by atoms with Crippen LogP contribution in [0.15, 0.2) is 29.2 Å². The molecule has 0 spiro atoms. The van der Waals surface area contributed by atoms with Gasteiger partial charge in [0.05, 0.1) is 11.5 Å². The highest BCUT2D eigenvalue weighted by Crippen LogP contribution is 2.17. The van der Waals surface area contributed by atoms with E-state index in [1.54, 1.807) is 0 Å². The van der Waals surface area contributed by atoms with Gasteiger partial charge in [0.25, 0.3) is 0 Å². The molecule has 0 aromatic heterocycles. The zero-order valence-corrected chi connectivity index (χ0v) is 9.79. The molecule has 1 aromatic rings. The molecule has 0 bridgehead atoms. The van der Waals surface area contributed by atoms with Crippen LogP contribution in [0.1, 0.15) is 0 Å². The summed E-state index contributed by atoms with van der Waals surface area (Å²) in [5.74, 6) is 0.216. The summed E-state index contributed by atoms with van der Waals surface area (Å²) in [5, 5.41) is 4.86. The van der Waals surface area contributed by atoms with Crippen molar-refractivity contribution in [1.82, 2.24) is 0 Å². The zero-order valence-electron chi connectivity index (χ0n) is 8.98. The van der Waals surface area contributed by atoms with E-state index in [-0.39, 0.29) is 17.3 Å². The van der Waals surface area contributed by atoms with E-state index in [0.717, 1.165) is 0 Å². The molecule has 0 aliphatic carbocycles. The second kappa shape index (κ2) is 5.55. The maximum Gasteiger partial charge on any atom is 0.522 e. The number of hydrogen-bond donors (Lipinski definition) is 1. The van der Waals surface area contributed by atoms with Gasteiger partial charge >= 0.3 is 6.36 Å². The Labute approximate surface area is 101 Å². The van der Waals surface area contributed by atoms with E-state index in [2.05, 4.69) is 4.74 Å². The van der Waals surface area contributed by atoms with Crippen LogP contribution in [0.25, 0.3) is 0 Å². The topological polar surface area (TPSA) is 78.6 Å². The lowest BCUT2D eigenvalue weighted by molar-refractivity contribution is -0.325. The Balaban J connectivity index is 2.45. The quantitative estimate of drug-likeness (QED) is 0.826. The Morgan fingerprint density at radius 1 is 1.11 bits per heavy atom. The average molecular weight is 285 g/mol. The van der Waals surface area contributed by atoms with Gasteiger partial charge in [0.15, 0.2) is 0 Å². The number of rotatable bonds is 5. The molecule has 5 nitrogen and oxygen atoms in total. The van der Waals surface area contributed by atoms with Crippen LogP contribution in [0.2, 0.25) is 0 Å². The third-order valence-electron chi connectivity index (χ3n) is 1.77. The molecule has 0 aliphatic rings. The SMILES string of the molecule is NS(=O)(=O)c1ccc(OCCOC(F)(F)F)cc1. The van der Waals surface area contributed by atoms with Crippen LogP contribution in [0.4, 0.5) is 13.2 Å². The molecule has 0 saturated carbocycles. The number of primary sulfonamides is 1. The number of sulfonamides is 1. The lowest BCUT2D eigenvalue weighted by Crippen LogP contribution is -2.18. The molecule has 18 heavy (non-hydrogen) atoms. The van der Waals surface area contributed by atoms with Crippen molar-refractivity contribution in [2.24, 2.45) is 5.14 Å². The molecule has 0 unspecified atom stereocenters. The van der Waals surface area contributed by atoms with Crippen LogP contribution < -0.4 is 9.88 Å². The summed E-state index contributed by atoms with van der Waals surface area (Å²) < 4.78 is 65.0. The van der Waals surface area contributed by atoms with Crippen LogP contribution in [-0.4, -0.2) is 28.0 Å². The highest BCUT2D eigenvalue weighted by atomic mass is 32.2. The van der Waals surface area contributed by atoms with Crippen molar-refractivity contribution in [3.05, 3.63) is 24.3 Å². The molecule has 2 N–H and O–H groups in total. The first-order chi connectivity index (χ1) is 8.18. The minimum Gasteiger partial charge on any atom is -0.491 e. The van der Waals surface area contributed by atoms with Crippen molar-refractivity contribution in [2.45, 2.75) is 11.3 Å². The number of halogens is 3. The van der Waals surface area contributed by atoms with Gasteiger partial charge in [0.1, 0.15) is 12.4 Å². The number of hydrogen-bond acceptors (Lipinski definition) is 4. The van der Waals surface area contributed by atoms with E-state index in [1.807, 2.05) is 0 Å². The summed E-state index contributed by atoms with van der Waals surface area (Å²) in [4.78, 5) is -0.110. The van der Waals surface area contributed by atoms with Crippen molar-refractivity contribution in [1.29, 1.82) is 0 Å². The Bertz CT molecular complexity index is 484. The molecular weight excluding hydrogens is 275 g/mol. The van der Waals surface area contributed by atoms with E-state index in [4.69, 9.17) is 9.88 Å². The van der Waals surface area contributed by atoms with E-state index in [1.165, 1.54) is 24.3 Å². The van der Waals surface area contributed by atoms with E-state index < -0.39 is 23.0 Å². The summed E-state index contributed by atoms with van der Waals surface area (Å²) >= 11 is 0. The van der Waals surface area contributed by atoms with Crippen molar-refractivity contribution in [3.8, 4) is 5.75 Å². The third-order valence-corrected chi connectivity index (χ3v) is 2.70. The van der Waals surface area contributed by atoms with Gasteiger partial charge in [-0.25, -0.2) is 13.6 Å². The molecule has 0 atom stereocenters. The van der Waals surface area contributed by atoms with Crippen LogP contribution in [-0.2, 0) is 14.8 Å². The lowest BCUT2D eigenvalue weighted by Gasteiger charge is -2.09. The predicted molar refractivity (Wildman–Crippen MR) is 55.3 cm³/mol. The maximum absolute atomic E-state index is 11.6. The first-order valence-corrected chi connectivity index (χ1v) is 6.19. The molecule has 0 amide bonds. The Kier molecular flexibility index (Phi) is 4.54. The molecule has 0 heterocycles. The fourth-order valence-electron chi connectivity index (χ4n) is 1.04. The van der Waals surface area contributed by atoms with Gasteiger partial charge in [-0.05, 0) is 24.3 Å². The smallest absolute Gasteiger partial charge is 0.491 e. The summed E-state index contributed by atoms with van der Waals surface area (Å²) in [6.45, 7) is -0.964. The van der Waals surface area contributed by atoms with Crippen LogP contribution >= 0.6 is 0 Å². The molecule has 0 saturated heterocycles. The summed E-state index contributed by atoms with van der Waals surface area (Å²) in [6.07, 6.45) is -4.69. The standard InChI is InChI=1S/C9H10F3NO4S/c10-9(11,12)17-6-5-16-7-1-3-8(4-2-7)18(13,14)15/h1-4H,5-6H2,(H2,13,14,15). The molecular formula is C9H10F3NO4S. The van der Waals surface area contributed by atoms with Gasteiger partial charge in [-0.2, -0.15) is 0 Å². The first kappa shape index (κ1) is 14.7. The second-order valence-corrected chi connectivity index (χ2v) is 4.72. The Hall–Kier alpha value is -1.32. The number of ether oxygens (including phenoxy) is 2. The number of benzene rings is 1. The fraction of sp³-hybridized carbons (Fsp3) is 0.333. The molecule has 9 heteroatoms. The molecule has 0 radical (unpaired) electrons. The molecule has 0 fully saturated rings. The van der Waals surface area contributed by atoms with Crippen molar-refractivity contribution in [2.75, 3.05) is 13.2 Å². The van der Waals surface area contributed by atoms with Crippen molar-refractivity contribution >= 4 is 10.0 Å². The molecule has 1 aromatic carbocycles. The van der Waals surface area contributed by atoms with E-state index in [9.17, 15) is 21.6 Å². The predicted octanol–water partition coefficient (Wildman–Crippen LogP) is 1.25. The van der Waals surface area contributed by atoms with Gasteiger partial charge in [-0.1, -0.05) is 0 Å². The Morgan fingerprint density at radius 3 is 2.11 bits per heavy atom. The summed E-state index contributed by atoms with van der Waals surface area (Å²) in [6, 6.07) is 4.95. The van der Waals surface area contributed by atoms with Crippen molar-refractivity contribution in [3.63, 3.8) is 0 Å². The lowest BCUT2D eigenvalue weighted by atomic mass is 10.3. The molecule has 0 aliphatic heterocycles. The minimum absolute atomic E-state index is 0.110. The van der Waals surface area contributed by atoms with Gasteiger partial charge in [-0.3, -0.25) is 4.74 Å². The van der Waals surface area contributed by atoms with Crippen LogP contribution in [0.3, 0.4) is 0 Å². The number of nitrogens with two attached hydrogens (primary N) is 1. The van der Waals surface area contributed by atoms with Gasteiger partial charge in [0, 0.05) is 0 Å². The summed E-state index contributed by atoms with van der Waals surface area (Å²) in [7, 11) is -3.79. The highest BCUT2D eigenvalue weighted by molar-refractivity contribution is 7.89. The molecule has 1 rings (SSSR count). The number of alkyl halides is 3. The summed E-state index contributed by atoms with van der Waals surface area (Å²) in [5.41, 5.74) is 0. The monoisotopic (exact) mass is 285 g/mol. The van der Waals surface area contributed by atoms with E-state index >= 15 is 0 Å². The van der Waals surface area contributed by atoms with E-state index in [0.29, 0.717) is 0 Å². The fourth-order valence-corrected chi connectivity index (χ4v) is 1.56.